The van der Waals surface area contributed by atoms with Gasteiger partial charge in [-0.25, -0.2) is 0 Å². The summed E-state index contributed by atoms with van der Waals surface area (Å²) < 4.78 is 16.7. The molecule has 1 saturated heterocycles. The third kappa shape index (κ3) is 6.88. The zero-order valence-electron chi connectivity index (χ0n) is 17.9. The fraction of sp³-hybridized carbons (Fsp3) is 0.636. The molecule has 0 aromatic heterocycles. The Balaban J connectivity index is 1.34. The quantitative estimate of drug-likeness (QED) is 0.325. The average Bonchev–Trinajstić information content (AvgIpc) is 3.28. The lowest BCUT2D eigenvalue weighted by molar-refractivity contribution is -0.121. The van der Waals surface area contributed by atoms with Crippen LogP contribution in [0.15, 0.2) is 29.3 Å². The first-order valence-electron chi connectivity index (χ1n) is 11.0. The van der Waals surface area contributed by atoms with Crippen LogP contribution < -0.4 is 20.3 Å². The van der Waals surface area contributed by atoms with E-state index in [1.807, 2.05) is 31.2 Å². The number of amides is 1. The number of ether oxygens (including phenoxy) is 3. The standard InChI is InChI=1S/C22H34N4O4/c1-2-23-22(25-12-7-14-28-16-18-8-5-15-29-18)24-11-6-13-26-19-9-3-4-10-20(19)30-17-21(26)27/h3-4,9-10,18H,2,5-8,11-17H2,1H3,(H2,23,24,25). The lowest BCUT2D eigenvalue weighted by Gasteiger charge is -2.29. The molecule has 0 bridgehead atoms. The van der Waals surface area contributed by atoms with Crippen LogP contribution >= 0.6 is 0 Å². The highest BCUT2D eigenvalue weighted by molar-refractivity contribution is 5.97. The van der Waals surface area contributed by atoms with E-state index in [1.165, 1.54) is 0 Å². The van der Waals surface area contributed by atoms with Crippen LogP contribution in [0.2, 0.25) is 0 Å². The second-order valence-electron chi connectivity index (χ2n) is 7.41. The van der Waals surface area contributed by atoms with Crippen LogP contribution in [0, 0.1) is 0 Å². The van der Waals surface area contributed by atoms with Crippen LogP contribution in [0.25, 0.3) is 0 Å². The Morgan fingerprint density at radius 3 is 3.03 bits per heavy atom. The first-order chi connectivity index (χ1) is 14.8. The van der Waals surface area contributed by atoms with E-state index in [4.69, 9.17) is 14.2 Å². The topological polar surface area (TPSA) is 84.4 Å². The molecule has 2 heterocycles. The van der Waals surface area contributed by atoms with E-state index in [-0.39, 0.29) is 18.6 Å². The van der Waals surface area contributed by atoms with Crippen molar-refractivity contribution in [3.8, 4) is 5.75 Å². The summed E-state index contributed by atoms with van der Waals surface area (Å²) in [4.78, 5) is 18.6. The molecular weight excluding hydrogens is 384 g/mol. The average molecular weight is 419 g/mol. The van der Waals surface area contributed by atoms with Gasteiger partial charge >= 0.3 is 0 Å². The van der Waals surface area contributed by atoms with E-state index >= 15 is 0 Å². The number of guanidine groups is 1. The third-order valence-corrected chi connectivity index (χ3v) is 5.05. The normalized spacial score (nSPS) is 18.8. The number of anilines is 1. The predicted octanol–water partition coefficient (Wildman–Crippen LogP) is 1.94. The maximum Gasteiger partial charge on any atom is 0.265 e. The van der Waals surface area contributed by atoms with E-state index in [0.717, 1.165) is 62.8 Å². The summed E-state index contributed by atoms with van der Waals surface area (Å²) in [6, 6.07) is 7.65. The molecule has 0 saturated carbocycles. The van der Waals surface area contributed by atoms with Gasteiger partial charge in [-0.3, -0.25) is 9.79 Å². The van der Waals surface area contributed by atoms with Crippen molar-refractivity contribution in [1.82, 2.24) is 10.6 Å². The molecule has 1 fully saturated rings. The van der Waals surface area contributed by atoms with Gasteiger partial charge in [-0.1, -0.05) is 12.1 Å². The molecule has 0 aliphatic carbocycles. The van der Waals surface area contributed by atoms with Crippen LogP contribution in [0.3, 0.4) is 0 Å². The van der Waals surface area contributed by atoms with Crippen molar-refractivity contribution >= 4 is 17.6 Å². The minimum absolute atomic E-state index is 0.00860. The number of aliphatic imine (C=N–C) groups is 1. The number of carbonyl (C=O) groups is 1. The van der Waals surface area contributed by atoms with Crippen molar-refractivity contribution in [3.63, 3.8) is 0 Å². The van der Waals surface area contributed by atoms with Crippen LogP contribution in [0.1, 0.15) is 32.6 Å². The second kappa shape index (κ2) is 12.4. The Hall–Kier alpha value is -2.32. The van der Waals surface area contributed by atoms with Crippen molar-refractivity contribution in [2.45, 2.75) is 38.7 Å². The molecule has 8 heteroatoms. The molecule has 1 unspecified atom stereocenters. The second-order valence-corrected chi connectivity index (χ2v) is 7.41. The van der Waals surface area contributed by atoms with Crippen LogP contribution in [-0.2, 0) is 14.3 Å². The van der Waals surface area contributed by atoms with Crippen molar-refractivity contribution < 1.29 is 19.0 Å². The first-order valence-corrected chi connectivity index (χ1v) is 11.0. The minimum Gasteiger partial charge on any atom is -0.482 e. The number of hydrogen-bond acceptors (Lipinski definition) is 5. The Morgan fingerprint density at radius 1 is 1.30 bits per heavy atom. The van der Waals surface area contributed by atoms with Gasteiger partial charge in [0, 0.05) is 39.4 Å². The molecule has 1 aromatic rings. The van der Waals surface area contributed by atoms with Crippen LogP contribution in [0.5, 0.6) is 5.75 Å². The molecule has 3 rings (SSSR count). The number of para-hydroxylation sites is 2. The van der Waals surface area contributed by atoms with Gasteiger partial charge in [0.25, 0.3) is 5.91 Å². The predicted molar refractivity (Wildman–Crippen MR) is 117 cm³/mol. The molecule has 30 heavy (non-hydrogen) atoms. The summed E-state index contributed by atoms with van der Waals surface area (Å²) in [5, 5.41) is 6.60. The highest BCUT2D eigenvalue weighted by atomic mass is 16.5. The molecule has 1 aromatic carbocycles. The molecule has 2 aliphatic rings. The van der Waals surface area contributed by atoms with Gasteiger partial charge in [-0.15, -0.1) is 0 Å². The molecule has 1 atom stereocenters. The number of fused-ring (bicyclic) bond motifs is 1. The maximum atomic E-state index is 12.2. The summed E-state index contributed by atoms with van der Waals surface area (Å²) in [6.07, 6.45) is 4.22. The van der Waals surface area contributed by atoms with Gasteiger partial charge in [0.1, 0.15) is 5.75 Å². The highest BCUT2D eigenvalue weighted by Crippen LogP contribution is 2.31. The first kappa shape index (κ1) is 22.4. The maximum absolute atomic E-state index is 12.2. The highest BCUT2D eigenvalue weighted by Gasteiger charge is 2.24. The zero-order valence-corrected chi connectivity index (χ0v) is 17.9. The Labute approximate surface area is 179 Å². The summed E-state index contributed by atoms with van der Waals surface area (Å²) in [6.45, 7) is 7.28. The Morgan fingerprint density at radius 2 is 2.20 bits per heavy atom. The Kier molecular flexibility index (Phi) is 9.24. The van der Waals surface area contributed by atoms with Crippen molar-refractivity contribution in [3.05, 3.63) is 24.3 Å². The largest absolute Gasteiger partial charge is 0.482 e. The number of rotatable bonds is 11. The van der Waals surface area contributed by atoms with Gasteiger partial charge in [-0.2, -0.15) is 0 Å². The van der Waals surface area contributed by atoms with Crippen molar-refractivity contribution in [2.24, 2.45) is 4.99 Å². The summed E-state index contributed by atoms with van der Waals surface area (Å²) in [5.41, 5.74) is 0.839. The van der Waals surface area contributed by atoms with E-state index in [1.54, 1.807) is 4.90 Å². The molecule has 0 radical (unpaired) electrons. The minimum atomic E-state index is -0.00860. The van der Waals surface area contributed by atoms with Crippen molar-refractivity contribution in [1.29, 1.82) is 0 Å². The smallest absolute Gasteiger partial charge is 0.265 e. The number of carbonyl (C=O) groups excluding carboxylic acids is 1. The zero-order chi connectivity index (χ0) is 21.0. The summed E-state index contributed by atoms with van der Waals surface area (Å²) in [5.74, 6) is 1.55. The number of nitrogens with zero attached hydrogens (tertiary/aromatic N) is 2. The van der Waals surface area contributed by atoms with Gasteiger partial charge in [0.15, 0.2) is 12.6 Å². The van der Waals surface area contributed by atoms with Gasteiger partial charge in [0.05, 0.1) is 18.4 Å². The monoisotopic (exact) mass is 418 g/mol. The molecule has 1 amide bonds. The van der Waals surface area contributed by atoms with E-state index in [2.05, 4.69) is 15.6 Å². The molecule has 8 nitrogen and oxygen atoms in total. The van der Waals surface area contributed by atoms with Crippen molar-refractivity contribution in [2.75, 3.05) is 57.5 Å². The number of hydrogen-bond donors (Lipinski definition) is 2. The third-order valence-electron chi connectivity index (χ3n) is 5.05. The van der Waals surface area contributed by atoms with E-state index in [0.29, 0.717) is 26.3 Å². The molecule has 0 spiro atoms. The SMILES string of the molecule is CCNC(=NCCCN1C(=O)COc2ccccc21)NCCCOCC1CCCO1. The molecule has 166 valence electrons. The molecular formula is C22H34N4O4. The summed E-state index contributed by atoms with van der Waals surface area (Å²) >= 11 is 0. The van der Waals surface area contributed by atoms with Gasteiger partial charge in [0.2, 0.25) is 0 Å². The molecule has 2 N–H and O–H groups in total. The van der Waals surface area contributed by atoms with E-state index in [9.17, 15) is 4.79 Å². The van der Waals surface area contributed by atoms with Crippen LogP contribution in [-0.4, -0.2) is 70.6 Å². The molecule has 2 aliphatic heterocycles. The van der Waals surface area contributed by atoms with E-state index < -0.39 is 0 Å². The van der Waals surface area contributed by atoms with Crippen LogP contribution in [0.4, 0.5) is 5.69 Å². The van der Waals surface area contributed by atoms with Gasteiger partial charge in [-0.05, 0) is 44.7 Å². The number of benzene rings is 1. The fourth-order valence-corrected chi connectivity index (χ4v) is 3.53. The fourth-order valence-electron chi connectivity index (χ4n) is 3.53. The lowest BCUT2D eigenvalue weighted by Crippen LogP contribution is -2.40. The lowest BCUT2D eigenvalue weighted by atomic mass is 10.2. The Bertz CT molecular complexity index is 691. The summed E-state index contributed by atoms with van der Waals surface area (Å²) in [7, 11) is 0. The number of nitrogens with one attached hydrogen (secondary N) is 2. The van der Waals surface area contributed by atoms with Gasteiger partial charge < -0.3 is 29.7 Å².